The largest absolute Gasteiger partial charge is 0.377 e. The first-order chi connectivity index (χ1) is 9.47. The summed E-state index contributed by atoms with van der Waals surface area (Å²) in [6.07, 6.45) is 6.24. The third-order valence-electron chi connectivity index (χ3n) is 3.19. The molecule has 0 amide bonds. The van der Waals surface area contributed by atoms with E-state index in [0.29, 0.717) is 46.2 Å². The summed E-state index contributed by atoms with van der Waals surface area (Å²) in [5.41, 5.74) is 0. The smallest absolute Gasteiger partial charge is 0.107 e. The van der Waals surface area contributed by atoms with Crippen LogP contribution >= 0.6 is 0 Å². The van der Waals surface area contributed by atoms with Gasteiger partial charge in [-0.05, 0) is 12.8 Å². The number of ether oxygens (including phenoxy) is 5. The number of fused-ring (bicyclic) bond motifs is 1. The lowest BCUT2D eigenvalue weighted by molar-refractivity contribution is -0.129. The van der Waals surface area contributed by atoms with Gasteiger partial charge in [-0.2, -0.15) is 0 Å². The molecule has 2 heterocycles. The van der Waals surface area contributed by atoms with E-state index in [-0.39, 0.29) is 12.2 Å². The molecule has 0 unspecified atom stereocenters. The lowest BCUT2D eigenvalue weighted by Gasteiger charge is -2.31. The molecule has 1 saturated heterocycles. The number of hydrogen-bond donors (Lipinski definition) is 0. The van der Waals surface area contributed by atoms with Gasteiger partial charge in [0.15, 0.2) is 0 Å². The van der Waals surface area contributed by atoms with Crippen LogP contribution in [0.25, 0.3) is 0 Å². The summed E-state index contributed by atoms with van der Waals surface area (Å²) in [6, 6.07) is 0. The highest BCUT2D eigenvalue weighted by molar-refractivity contribution is 4.83. The van der Waals surface area contributed by atoms with E-state index in [2.05, 4.69) is 0 Å². The summed E-state index contributed by atoms with van der Waals surface area (Å²) in [6.45, 7) is 4.98. The molecule has 0 N–H and O–H groups in total. The maximum absolute atomic E-state index is 5.84. The van der Waals surface area contributed by atoms with Crippen molar-refractivity contribution in [3.05, 3.63) is 12.2 Å². The Bertz CT molecular complexity index is 256. The second-order valence-corrected chi connectivity index (χ2v) is 4.66. The first kappa shape index (κ1) is 14.9. The normalized spacial score (nSPS) is 33.7. The molecule has 2 rings (SSSR count). The SMILES string of the molecule is C1=C\CO[C@H]2CCCO[C@@H]2COCCOCCOC/1. The molecular weight excluding hydrogens is 248 g/mol. The standard InChI is InChI=1S/C14H24O5/c1-2-6-18-13-4-3-7-19-14(13)12-17-11-10-16-9-8-15-5-1/h1-2,13-14H,3-12H2/b2-1-/t13-,14+/m0/s1. The minimum Gasteiger partial charge on any atom is -0.377 e. The Morgan fingerprint density at radius 3 is 2.42 bits per heavy atom. The molecule has 5 heteroatoms. The van der Waals surface area contributed by atoms with Crippen molar-refractivity contribution in [3.63, 3.8) is 0 Å². The third kappa shape index (κ3) is 6.01. The highest BCUT2D eigenvalue weighted by atomic mass is 16.6. The van der Waals surface area contributed by atoms with E-state index >= 15 is 0 Å². The fraction of sp³-hybridized carbons (Fsp3) is 0.857. The molecule has 0 aromatic carbocycles. The molecule has 0 saturated carbocycles. The Morgan fingerprint density at radius 1 is 0.684 bits per heavy atom. The van der Waals surface area contributed by atoms with Gasteiger partial charge in [0.25, 0.3) is 0 Å². The van der Waals surface area contributed by atoms with Gasteiger partial charge < -0.3 is 23.7 Å². The molecule has 110 valence electrons. The zero-order chi connectivity index (χ0) is 13.2. The van der Waals surface area contributed by atoms with Gasteiger partial charge in [-0.25, -0.2) is 0 Å². The van der Waals surface area contributed by atoms with Crippen LogP contribution in [0, 0.1) is 0 Å². The Labute approximate surface area is 114 Å². The zero-order valence-electron chi connectivity index (χ0n) is 11.4. The number of hydrogen-bond acceptors (Lipinski definition) is 5. The van der Waals surface area contributed by atoms with Crippen LogP contribution in [0.1, 0.15) is 12.8 Å². The Kier molecular flexibility index (Phi) is 7.43. The molecule has 0 aromatic rings. The van der Waals surface area contributed by atoms with Crippen LogP contribution in [0.3, 0.4) is 0 Å². The van der Waals surface area contributed by atoms with Crippen molar-refractivity contribution in [3.8, 4) is 0 Å². The first-order valence-corrected chi connectivity index (χ1v) is 7.08. The summed E-state index contributed by atoms with van der Waals surface area (Å²) < 4.78 is 27.9. The molecule has 0 spiro atoms. The fourth-order valence-electron chi connectivity index (χ4n) is 2.16. The van der Waals surface area contributed by atoms with Crippen molar-refractivity contribution in [1.82, 2.24) is 0 Å². The molecule has 0 aromatic heterocycles. The van der Waals surface area contributed by atoms with Crippen LogP contribution in [0.4, 0.5) is 0 Å². The van der Waals surface area contributed by atoms with E-state index in [0.717, 1.165) is 19.4 Å². The van der Waals surface area contributed by atoms with Gasteiger partial charge in [-0.15, -0.1) is 0 Å². The maximum atomic E-state index is 5.84. The molecule has 2 aliphatic rings. The predicted octanol–water partition coefficient (Wildman–Crippen LogP) is 1.17. The lowest BCUT2D eigenvalue weighted by atomic mass is 10.1. The van der Waals surface area contributed by atoms with Crippen molar-refractivity contribution in [2.45, 2.75) is 25.0 Å². The van der Waals surface area contributed by atoms with Crippen molar-refractivity contribution in [2.75, 3.05) is 52.9 Å². The van der Waals surface area contributed by atoms with Gasteiger partial charge >= 0.3 is 0 Å². The maximum Gasteiger partial charge on any atom is 0.107 e. The van der Waals surface area contributed by atoms with Crippen molar-refractivity contribution in [2.24, 2.45) is 0 Å². The molecule has 1 fully saturated rings. The minimum absolute atomic E-state index is 0.0449. The molecular formula is C14H24O5. The summed E-state index contributed by atoms with van der Waals surface area (Å²) >= 11 is 0. The fourth-order valence-corrected chi connectivity index (χ4v) is 2.16. The van der Waals surface area contributed by atoms with E-state index in [4.69, 9.17) is 23.7 Å². The Morgan fingerprint density at radius 2 is 1.47 bits per heavy atom. The van der Waals surface area contributed by atoms with E-state index in [9.17, 15) is 0 Å². The van der Waals surface area contributed by atoms with E-state index in [1.165, 1.54) is 0 Å². The monoisotopic (exact) mass is 272 g/mol. The quantitative estimate of drug-likeness (QED) is 0.619. The highest BCUT2D eigenvalue weighted by Crippen LogP contribution is 2.17. The lowest BCUT2D eigenvalue weighted by Crippen LogP contribution is -2.39. The van der Waals surface area contributed by atoms with Crippen molar-refractivity contribution < 1.29 is 23.7 Å². The predicted molar refractivity (Wildman–Crippen MR) is 70.3 cm³/mol. The van der Waals surface area contributed by atoms with E-state index in [1.807, 2.05) is 12.2 Å². The van der Waals surface area contributed by atoms with Crippen LogP contribution in [-0.4, -0.2) is 65.1 Å². The van der Waals surface area contributed by atoms with Crippen LogP contribution in [0.2, 0.25) is 0 Å². The van der Waals surface area contributed by atoms with E-state index < -0.39 is 0 Å². The van der Waals surface area contributed by atoms with Crippen LogP contribution in [0.5, 0.6) is 0 Å². The average molecular weight is 272 g/mol. The summed E-state index contributed by atoms with van der Waals surface area (Å²) in [5, 5.41) is 0. The first-order valence-electron chi connectivity index (χ1n) is 7.08. The van der Waals surface area contributed by atoms with Gasteiger partial charge in [-0.1, -0.05) is 12.2 Å². The van der Waals surface area contributed by atoms with Gasteiger partial charge in [0.1, 0.15) is 6.10 Å². The second-order valence-electron chi connectivity index (χ2n) is 4.66. The summed E-state index contributed by atoms with van der Waals surface area (Å²) in [7, 11) is 0. The molecule has 5 nitrogen and oxygen atoms in total. The third-order valence-corrected chi connectivity index (χ3v) is 3.19. The Hall–Kier alpha value is -0.460. The second kappa shape index (κ2) is 9.44. The number of rotatable bonds is 0. The molecule has 0 aliphatic carbocycles. The summed E-state index contributed by atoms with van der Waals surface area (Å²) in [4.78, 5) is 0. The minimum atomic E-state index is 0.0449. The molecule has 0 radical (unpaired) electrons. The summed E-state index contributed by atoms with van der Waals surface area (Å²) in [5.74, 6) is 0. The van der Waals surface area contributed by atoms with Crippen molar-refractivity contribution >= 4 is 0 Å². The van der Waals surface area contributed by atoms with Crippen LogP contribution < -0.4 is 0 Å². The molecule has 19 heavy (non-hydrogen) atoms. The van der Waals surface area contributed by atoms with Gasteiger partial charge in [0.05, 0.1) is 52.4 Å². The molecule has 2 aliphatic heterocycles. The van der Waals surface area contributed by atoms with Gasteiger partial charge in [-0.3, -0.25) is 0 Å². The molecule has 0 bridgehead atoms. The zero-order valence-corrected chi connectivity index (χ0v) is 11.4. The average Bonchev–Trinajstić information content (AvgIpc) is 2.45. The van der Waals surface area contributed by atoms with Crippen LogP contribution in [-0.2, 0) is 23.7 Å². The molecule has 2 atom stereocenters. The van der Waals surface area contributed by atoms with Gasteiger partial charge in [0.2, 0.25) is 0 Å². The van der Waals surface area contributed by atoms with Crippen molar-refractivity contribution in [1.29, 1.82) is 0 Å². The van der Waals surface area contributed by atoms with Crippen LogP contribution in [0.15, 0.2) is 12.2 Å². The Balaban J connectivity index is 1.79. The van der Waals surface area contributed by atoms with Gasteiger partial charge in [0, 0.05) is 6.61 Å². The highest BCUT2D eigenvalue weighted by Gasteiger charge is 2.26. The van der Waals surface area contributed by atoms with E-state index in [1.54, 1.807) is 0 Å². The topological polar surface area (TPSA) is 46.2 Å².